The Labute approximate surface area is 77.9 Å². The van der Waals surface area contributed by atoms with Crippen molar-refractivity contribution in [2.75, 3.05) is 0 Å². The highest BCUT2D eigenvalue weighted by atomic mass is 35.5. The minimum atomic E-state index is 0.185. The van der Waals surface area contributed by atoms with Gasteiger partial charge in [-0.1, -0.05) is 36.4 Å². The highest BCUT2D eigenvalue weighted by Crippen LogP contribution is 2.34. The maximum absolute atomic E-state index is 6.06. The van der Waals surface area contributed by atoms with Crippen molar-refractivity contribution in [3.05, 3.63) is 41.5 Å². The van der Waals surface area contributed by atoms with Crippen molar-refractivity contribution in [2.45, 2.75) is 18.2 Å². The van der Waals surface area contributed by atoms with Gasteiger partial charge in [-0.25, -0.2) is 0 Å². The van der Waals surface area contributed by atoms with Crippen molar-refractivity contribution in [3.63, 3.8) is 0 Å². The second-order valence-corrected chi connectivity index (χ2v) is 3.88. The minimum absolute atomic E-state index is 0.185. The van der Waals surface area contributed by atoms with Crippen LogP contribution in [0.1, 0.15) is 24.0 Å². The van der Waals surface area contributed by atoms with Crippen LogP contribution in [0.25, 0.3) is 6.08 Å². The number of hydrogen-bond donors (Lipinski definition) is 0. The Morgan fingerprint density at radius 1 is 1.33 bits per heavy atom. The number of halogens is 1. The molecule has 0 nitrogen and oxygen atoms in total. The Kier molecular flexibility index (Phi) is 1.93. The van der Waals surface area contributed by atoms with E-state index in [1.165, 1.54) is 11.1 Å². The van der Waals surface area contributed by atoms with E-state index < -0.39 is 0 Å². The first-order valence-corrected chi connectivity index (χ1v) is 4.64. The summed E-state index contributed by atoms with van der Waals surface area (Å²) in [6.07, 6.45) is 4.33. The third kappa shape index (κ3) is 1.16. The normalized spacial score (nSPS) is 22.3. The number of rotatable bonds is 1. The Morgan fingerprint density at radius 3 is 2.83 bits per heavy atom. The maximum Gasteiger partial charge on any atom is 0.0411 e. The lowest BCUT2D eigenvalue weighted by atomic mass is 9.98. The molecule has 0 aliphatic heterocycles. The zero-order valence-corrected chi connectivity index (χ0v) is 7.75. The largest absolute Gasteiger partial charge is 0.122 e. The first-order chi connectivity index (χ1) is 5.79. The Morgan fingerprint density at radius 2 is 2.08 bits per heavy atom. The highest BCUT2D eigenvalue weighted by Gasteiger charge is 2.20. The van der Waals surface area contributed by atoms with Gasteiger partial charge in [-0.15, -0.1) is 11.6 Å². The molecule has 0 bridgehead atoms. The lowest BCUT2D eigenvalue weighted by Crippen LogP contribution is -2.04. The van der Waals surface area contributed by atoms with Gasteiger partial charge >= 0.3 is 0 Å². The van der Waals surface area contributed by atoms with Gasteiger partial charge < -0.3 is 0 Å². The van der Waals surface area contributed by atoms with Crippen LogP contribution in [0.5, 0.6) is 0 Å². The zero-order chi connectivity index (χ0) is 8.55. The molecule has 0 saturated carbocycles. The lowest BCUT2D eigenvalue weighted by Gasteiger charge is -2.12. The van der Waals surface area contributed by atoms with Gasteiger partial charge in [0, 0.05) is 11.3 Å². The summed E-state index contributed by atoms with van der Waals surface area (Å²) in [6, 6.07) is 8.41. The standard InChI is InChI=1S/C11H11Cl/c1-8(12)10-7-6-9-4-2-3-5-11(9)10/h2-8,10H,1H3. The van der Waals surface area contributed by atoms with Crippen molar-refractivity contribution >= 4 is 17.7 Å². The van der Waals surface area contributed by atoms with Gasteiger partial charge in [0.1, 0.15) is 0 Å². The Balaban J connectivity index is 2.42. The molecular formula is C11H11Cl. The molecule has 12 heavy (non-hydrogen) atoms. The van der Waals surface area contributed by atoms with E-state index in [1.807, 2.05) is 6.92 Å². The molecule has 1 aromatic carbocycles. The summed E-state index contributed by atoms with van der Waals surface area (Å²) in [5.41, 5.74) is 2.68. The molecule has 62 valence electrons. The van der Waals surface area contributed by atoms with Gasteiger partial charge in [-0.3, -0.25) is 0 Å². The summed E-state index contributed by atoms with van der Waals surface area (Å²) in [4.78, 5) is 0. The van der Waals surface area contributed by atoms with Gasteiger partial charge in [0.05, 0.1) is 0 Å². The van der Waals surface area contributed by atoms with Gasteiger partial charge in [0.2, 0.25) is 0 Å². The van der Waals surface area contributed by atoms with Crippen molar-refractivity contribution in [1.82, 2.24) is 0 Å². The minimum Gasteiger partial charge on any atom is -0.122 e. The van der Waals surface area contributed by atoms with E-state index in [2.05, 4.69) is 36.4 Å². The summed E-state index contributed by atoms with van der Waals surface area (Å²) < 4.78 is 0. The molecule has 2 rings (SSSR count). The summed E-state index contributed by atoms with van der Waals surface area (Å²) in [5, 5.41) is 0.185. The molecule has 0 fully saturated rings. The van der Waals surface area contributed by atoms with E-state index in [9.17, 15) is 0 Å². The molecular weight excluding hydrogens is 168 g/mol. The van der Waals surface area contributed by atoms with E-state index in [0.29, 0.717) is 5.92 Å². The zero-order valence-electron chi connectivity index (χ0n) is 7.00. The summed E-state index contributed by atoms with van der Waals surface area (Å²) >= 11 is 6.06. The Hall–Kier alpha value is -0.750. The average molecular weight is 179 g/mol. The van der Waals surface area contributed by atoms with Crippen LogP contribution in [-0.2, 0) is 0 Å². The first kappa shape index (κ1) is 7.88. The van der Waals surface area contributed by atoms with E-state index >= 15 is 0 Å². The molecule has 1 aromatic rings. The number of allylic oxidation sites excluding steroid dienone is 1. The van der Waals surface area contributed by atoms with Crippen LogP contribution in [0.2, 0.25) is 0 Å². The fourth-order valence-electron chi connectivity index (χ4n) is 1.68. The van der Waals surface area contributed by atoms with Crippen LogP contribution >= 0.6 is 11.6 Å². The number of fused-ring (bicyclic) bond motifs is 1. The SMILES string of the molecule is CC(Cl)C1C=Cc2ccccc21. The van der Waals surface area contributed by atoms with Crippen molar-refractivity contribution in [2.24, 2.45) is 0 Å². The molecule has 0 heterocycles. The highest BCUT2D eigenvalue weighted by molar-refractivity contribution is 6.21. The molecule has 0 N–H and O–H groups in total. The van der Waals surface area contributed by atoms with Gasteiger partial charge in [0.15, 0.2) is 0 Å². The molecule has 0 aromatic heterocycles. The van der Waals surface area contributed by atoms with Crippen molar-refractivity contribution in [3.8, 4) is 0 Å². The van der Waals surface area contributed by atoms with Gasteiger partial charge in [0.25, 0.3) is 0 Å². The van der Waals surface area contributed by atoms with Crippen LogP contribution in [0.3, 0.4) is 0 Å². The third-order valence-electron chi connectivity index (χ3n) is 2.33. The van der Waals surface area contributed by atoms with Crippen LogP contribution in [0.15, 0.2) is 30.3 Å². The van der Waals surface area contributed by atoms with Crippen LogP contribution < -0.4 is 0 Å². The summed E-state index contributed by atoms with van der Waals surface area (Å²) in [5.74, 6) is 0.405. The number of alkyl halides is 1. The summed E-state index contributed by atoms with van der Waals surface area (Å²) in [7, 11) is 0. The summed E-state index contributed by atoms with van der Waals surface area (Å²) in [6.45, 7) is 2.04. The predicted octanol–water partition coefficient (Wildman–Crippen LogP) is 3.42. The molecule has 0 saturated heterocycles. The molecule has 0 amide bonds. The molecule has 2 atom stereocenters. The maximum atomic E-state index is 6.06. The smallest absolute Gasteiger partial charge is 0.0411 e. The van der Waals surface area contributed by atoms with E-state index in [-0.39, 0.29) is 5.38 Å². The first-order valence-electron chi connectivity index (χ1n) is 4.20. The lowest BCUT2D eigenvalue weighted by molar-refractivity contribution is 0.828. The quantitative estimate of drug-likeness (QED) is 0.578. The van der Waals surface area contributed by atoms with E-state index in [0.717, 1.165) is 0 Å². The number of hydrogen-bond acceptors (Lipinski definition) is 0. The van der Waals surface area contributed by atoms with E-state index in [1.54, 1.807) is 0 Å². The molecule has 2 unspecified atom stereocenters. The van der Waals surface area contributed by atoms with Crippen LogP contribution in [-0.4, -0.2) is 5.38 Å². The second-order valence-electron chi connectivity index (χ2n) is 3.19. The number of benzene rings is 1. The average Bonchev–Trinajstić information content (AvgIpc) is 2.47. The van der Waals surface area contributed by atoms with Crippen molar-refractivity contribution < 1.29 is 0 Å². The predicted molar refractivity (Wildman–Crippen MR) is 53.5 cm³/mol. The fourth-order valence-corrected chi connectivity index (χ4v) is 1.90. The Bertz CT molecular complexity index is 313. The second kappa shape index (κ2) is 2.95. The van der Waals surface area contributed by atoms with Crippen LogP contribution in [0.4, 0.5) is 0 Å². The molecule has 1 heteroatoms. The molecule has 1 aliphatic rings. The monoisotopic (exact) mass is 178 g/mol. The van der Waals surface area contributed by atoms with Gasteiger partial charge in [-0.05, 0) is 18.1 Å². The van der Waals surface area contributed by atoms with E-state index in [4.69, 9.17) is 11.6 Å². The fraction of sp³-hybridized carbons (Fsp3) is 0.273. The molecule has 0 radical (unpaired) electrons. The van der Waals surface area contributed by atoms with Crippen molar-refractivity contribution in [1.29, 1.82) is 0 Å². The third-order valence-corrected chi connectivity index (χ3v) is 2.60. The van der Waals surface area contributed by atoms with Crippen LogP contribution in [0, 0.1) is 0 Å². The van der Waals surface area contributed by atoms with Gasteiger partial charge in [-0.2, -0.15) is 0 Å². The molecule has 0 spiro atoms. The molecule has 1 aliphatic carbocycles. The topological polar surface area (TPSA) is 0 Å².